The lowest BCUT2D eigenvalue weighted by molar-refractivity contribution is 0.252. The third-order valence-corrected chi connectivity index (χ3v) is 4.69. The van der Waals surface area contributed by atoms with Crippen molar-refractivity contribution in [3.63, 3.8) is 0 Å². The number of hydrogen-bond donors (Lipinski definition) is 0. The van der Waals surface area contributed by atoms with Crippen molar-refractivity contribution in [2.75, 3.05) is 0 Å². The molecule has 0 radical (unpaired) electrons. The van der Waals surface area contributed by atoms with E-state index in [1.54, 1.807) is 6.07 Å². The van der Waals surface area contributed by atoms with Gasteiger partial charge in [-0.3, -0.25) is 0 Å². The highest BCUT2D eigenvalue weighted by atomic mass is 19.1. The third kappa shape index (κ3) is 4.33. The first-order valence-corrected chi connectivity index (χ1v) is 7.94. The Balaban J connectivity index is 1.77. The van der Waals surface area contributed by atoms with Crippen LogP contribution in [-0.4, -0.2) is 0 Å². The molecular formula is C18H27F. The van der Waals surface area contributed by atoms with Gasteiger partial charge in [0.05, 0.1) is 0 Å². The van der Waals surface area contributed by atoms with E-state index in [1.165, 1.54) is 44.9 Å². The van der Waals surface area contributed by atoms with Crippen LogP contribution >= 0.6 is 0 Å². The van der Waals surface area contributed by atoms with E-state index in [1.807, 2.05) is 19.1 Å². The van der Waals surface area contributed by atoms with Crippen molar-refractivity contribution in [1.82, 2.24) is 0 Å². The van der Waals surface area contributed by atoms with Crippen LogP contribution in [0.2, 0.25) is 0 Å². The quantitative estimate of drug-likeness (QED) is 0.641. The second kappa shape index (κ2) is 7.07. The average Bonchev–Trinajstić information content (AvgIpc) is 2.40. The van der Waals surface area contributed by atoms with Gasteiger partial charge in [-0.25, -0.2) is 4.39 Å². The van der Waals surface area contributed by atoms with E-state index < -0.39 is 0 Å². The van der Waals surface area contributed by atoms with Gasteiger partial charge < -0.3 is 0 Å². The standard InChI is InChI=1S/C18H27F/c1-3-4-15-6-8-16(9-7-15)10-12-17-11-5-14(2)13-18(17)19/h5,11,13,15-16H,3-4,6-10,12H2,1-2H3. The van der Waals surface area contributed by atoms with E-state index in [-0.39, 0.29) is 5.82 Å². The zero-order valence-electron chi connectivity index (χ0n) is 12.4. The maximum absolute atomic E-state index is 13.8. The molecule has 1 heteroatoms. The fourth-order valence-corrected chi connectivity index (χ4v) is 3.43. The van der Waals surface area contributed by atoms with Crippen molar-refractivity contribution in [3.8, 4) is 0 Å². The van der Waals surface area contributed by atoms with Crippen LogP contribution < -0.4 is 0 Å². The van der Waals surface area contributed by atoms with E-state index in [2.05, 4.69) is 6.92 Å². The predicted molar refractivity (Wildman–Crippen MR) is 79.8 cm³/mol. The monoisotopic (exact) mass is 262 g/mol. The molecule has 1 fully saturated rings. The van der Waals surface area contributed by atoms with Gasteiger partial charge in [-0.2, -0.15) is 0 Å². The molecule has 0 saturated heterocycles. The lowest BCUT2D eigenvalue weighted by atomic mass is 9.78. The van der Waals surface area contributed by atoms with Gasteiger partial charge in [0.1, 0.15) is 5.82 Å². The number of hydrogen-bond acceptors (Lipinski definition) is 0. The first-order chi connectivity index (χ1) is 9.19. The molecule has 0 aromatic heterocycles. The lowest BCUT2D eigenvalue weighted by Gasteiger charge is -2.28. The Hall–Kier alpha value is -0.850. The Morgan fingerprint density at radius 3 is 2.26 bits per heavy atom. The van der Waals surface area contributed by atoms with Crippen molar-refractivity contribution < 1.29 is 4.39 Å². The highest BCUT2D eigenvalue weighted by Gasteiger charge is 2.20. The van der Waals surface area contributed by atoms with Crippen LogP contribution in [0.15, 0.2) is 18.2 Å². The summed E-state index contributed by atoms with van der Waals surface area (Å²) in [5.74, 6) is 1.78. The zero-order valence-corrected chi connectivity index (χ0v) is 12.4. The third-order valence-electron chi connectivity index (χ3n) is 4.69. The largest absolute Gasteiger partial charge is 0.207 e. The fraction of sp³-hybridized carbons (Fsp3) is 0.667. The maximum atomic E-state index is 13.8. The Morgan fingerprint density at radius 1 is 1.05 bits per heavy atom. The molecule has 1 aliphatic carbocycles. The van der Waals surface area contributed by atoms with Crippen LogP contribution in [0.3, 0.4) is 0 Å². The molecule has 0 bridgehead atoms. The Morgan fingerprint density at radius 2 is 1.68 bits per heavy atom. The summed E-state index contributed by atoms with van der Waals surface area (Å²) in [5.41, 5.74) is 1.92. The van der Waals surface area contributed by atoms with Crippen LogP contribution in [0, 0.1) is 24.6 Å². The van der Waals surface area contributed by atoms with Crippen LogP contribution in [0.25, 0.3) is 0 Å². The smallest absolute Gasteiger partial charge is 0.126 e. The topological polar surface area (TPSA) is 0 Å². The highest BCUT2D eigenvalue weighted by Crippen LogP contribution is 2.33. The molecule has 0 N–H and O–H groups in total. The molecule has 106 valence electrons. The van der Waals surface area contributed by atoms with E-state index in [9.17, 15) is 4.39 Å². The minimum atomic E-state index is -0.0142. The number of halogens is 1. The van der Waals surface area contributed by atoms with Gasteiger partial charge in [-0.15, -0.1) is 0 Å². The van der Waals surface area contributed by atoms with Crippen molar-refractivity contribution >= 4 is 0 Å². The molecule has 2 rings (SSSR count). The van der Waals surface area contributed by atoms with Crippen LogP contribution in [0.1, 0.15) is 63.0 Å². The molecule has 0 nitrogen and oxygen atoms in total. The second-order valence-electron chi connectivity index (χ2n) is 6.31. The summed E-state index contributed by atoms with van der Waals surface area (Å²) in [6, 6.07) is 5.65. The van der Waals surface area contributed by atoms with Gasteiger partial charge in [0.15, 0.2) is 0 Å². The first-order valence-electron chi connectivity index (χ1n) is 7.94. The van der Waals surface area contributed by atoms with Crippen molar-refractivity contribution in [1.29, 1.82) is 0 Å². The Kier molecular flexibility index (Phi) is 5.42. The molecule has 19 heavy (non-hydrogen) atoms. The van der Waals surface area contributed by atoms with Crippen LogP contribution in [-0.2, 0) is 6.42 Å². The number of rotatable bonds is 5. The van der Waals surface area contributed by atoms with E-state index in [0.29, 0.717) is 0 Å². The summed E-state index contributed by atoms with van der Waals surface area (Å²) in [6.07, 6.45) is 10.3. The molecule has 1 aliphatic rings. The predicted octanol–water partition coefficient (Wildman–Crippen LogP) is 5.67. The SMILES string of the molecule is CCCC1CCC(CCc2ccc(C)cc2F)CC1. The molecule has 0 unspecified atom stereocenters. The van der Waals surface area contributed by atoms with E-state index in [4.69, 9.17) is 0 Å². The first kappa shape index (κ1) is 14.6. The Bertz CT molecular complexity index is 389. The number of aryl methyl sites for hydroxylation is 2. The summed E-state index contributed by atoms with van der Waals surface area (Å²) in [4.78, 5) is 0. The van der Waals surface area contributed by atoms with Gasteiger partial charge >= 0.3 is 0 Å². The molecule has 1 aromatic carbocycles. The molecule has 0 amide bonds. The van der Waals surface area contributed by atoms with Gasteiger partial charge in [-0.05, 0) is 48.8 Å². The summed E-state index contributed by atoms with van der Waals surface area (Å²) >= 11 is 0. The summed E-state index contributed by atoms with van der Waals surface area (Å²) < 4.78 is 13.8. The van der Waals surface area contributed by atoms with Gasteiger partial charge in [0.25, 0.3) is 0 Å². The second-order valence-corrected chi connectivity index (χ2v) is 6.31. The summed E-state index contributed by atoms with van der Waals surface area (Å²) in [6.45, 7) is 4.23. The van der Waals surface area contributed by atoms with E-state index in [0.717, 1.165) is 29.4 Å². The van der Waals surface area contributed by atoms with Crippen LogP contribution in [0.4, 0.5) is 4.39 Å². The molecule has 1 aromatic rings. The molecule has 0 atom stereocenters. The fourth-order valence-electron chi connectivity index (χ4n) is 3.43. The molecular weight excluding hydrogens is 235 g/mol. The summed E-state index contributed by atoms with van der Waals surface area (Å²) in [7, 11) is 0. The summed E-state index contributed by atoms with van der Waals surface area (Å²) in [5, 5.41) is 0. The van der Waals surface area contributed by atoms with Crippen LogP contribution in [0.5, 0.6) is 0 Å². The van der Waals surface area contributed by atoms with Crippen molar-refractivity contribution in [3.05, 3.63) is 35.1 Å². The molecule has 1 saturated carbocycles. The normalized spacial score (nSPS) is 23.5. The minimum absolute atomic E-state index is 0.0142. The van der Waals surface area contributed by atoms with Crippen molar-refractivity contribution in [2.24, 2.45) is 11.8 Å². The van der Waals surface area contributed by atoms with Gasteiger partial charge in [0.2, 0.25) is 0 Å². The minimum Gasteiger partial charge on any atom is -0.207 e. The van der Waals surface area contributed by atoms with Crippen molar-refractivity contribution in [2.45, 2.75) is 65.2 Å². The Labute approximate surface area is 117 Å². The van der Waals surface area contributed by atoms with Gasteiger partial charge in [-0.1, -0.05) is 57.6 Å². The molecule has 0 heterocycles. The number of benzene rings is 1. The van der Waals surface area contributed by atoms with Gasteiger partial charge in [0, 0.05) is 0 Å². The average molecular weight is 262 g/mol. The highest BCUT2D eigenvalue weighted by molar-refractivity contribution is 5.23. The van der Waals surface area contributed by atoms with E-state index >= 15 is 0 Å². The zero-order chi connectivity index (χ0) is 13.7. The molecule has 0 spiro atoms. The molecule has 0 aliphatic heterocycles. The lowest BCUT2D eigenvalue weighted by Crippen LogP contribution is -2.15. The maximum Gasteiger partial charge on any atom is 0.126 e.